The van der Waals surface area contributed by atoms with Crippen molar-refractivity contribution < 1.29 is 4.79 Å². The summed E-state index contributed by atoms with van der Waals surface area (Å²) in [6.07, 6.45) is 1.99. The Kier molecular flexibility index (Phi) is 6.37. The minimum absolute atomic E-state index is 0.123. The van der Waals surface area contributed by atoms with Crippen LogP contribution in [0.1, 0.15) is 5.56 Å². The van der Waals surface area contributed by atoms with Crippen molar-refractivity contribution in [3.63, 3.8) is 0 Å². The third-order valence-corrected chi connectivity index (χ3v) is 7.00. The van der Waals surface area contributed by atoms with Crippen LogP contribution in [0.25, 0.3) is 16.7 Å². The van der Waals surface area contributed by atoms with Gasteiger partial charge in [0.1, 0.15) is 0 Å². The van der Waals surface area contributed by atoms with Crippen LogP contribution in [0.2, 0.25) is 0 Å². The van der Waals surface area contributed by atoms with Gasteiger partial charge < -0.3 is 5.32 Å². The number of fused-ring (bicyclic) bond motifs is 3. The average Bonchev–Trinajstić information content (AvgIpc) is 3.30. The normalized spacial score (nSPS) is 11.2. The fourth-order valence-corrected chi connectivity index (χ4v) is 4.96. The van der Waals surface area contributed by atoms with E-state index in [2.05, 4.69) is 15.5 Å². The highest BCUT2D eigenvalue weighted by Crippen LogP contribution is 2.23. The van der Waals surface area contributed by atoms with E-state index in [1.165, 1.54) is 11.8 Å². The van der Waals surface area contributed by atoms with Crippen LogP contribution in [0.3, 0.4) is 0 Å². The summed E-state index contributed by atoms with van der Waals surface area (Å²) in [4.78, 5) is 27.0. The number of thioether (sulfide) groups is 2. The maximum atomic E-state index is 13.3. The molecule has 34 heavy (non-hydrogen) atoms. The van der Waals surface area contributed by atoms with Crippen molar-refractivity contribution in [2.24, 2.45) is 0 Å². The van der Waals surface area contributed by atoms with Crippen molar-refractivity contribution in [3.8, 4) is 0 Å². The zero-order valence-electron chi connectivity index (χ0n) is 18.3. The molecule has 7 nitrogen and oxygen atoms in total. The van der Waals surface area contributed by atoms with Crippen LogP contribution in [-0.2, 0) is 11.3 Å². The van der Waals surface area contributed by atoms with Crippen LogP contribution in [0.4, 0.5) is 5.69 Å². The third-order valence-electron chi connectivity index (χ3n) is 5.35. The van der Waals surface area contributed by atoms with E-state index in [0.717, 1.165) is 16.1 Å². The Balaban J connectivity index is 1.47. The van der Waals surface area contributed by atoms with E-state index in [1.54, 1.807) is 22.4 Å². The topological polar surface area (TPSA) is 81.3 Å². The molecule has 2 heterocycles. The predicted octanol–water partition coefficient (Wildman–Crippen LogP) is 4.55. The lowest BCUT2D eigenvalue weighted by Gasteiger charge is -2.11. The summed E-state index contributed by atoms with van der Waals surface area (Å²) >= 11 is 2.91. The molecular formula is C25H21N5O2S2. The van der Waals surface area contributed by atoms with Gasteiger partial charge in [0.15, 0.2) is 5.16 Å². The molecule has 1 amide bonds. The van der Waals surface area contributed by atoms with E-state index in [0.29, 0.717) is 28.4 Å². The minimum atomic E-state index is -0.137. The van der Waals surface area contributed by atoms with Gasteiger partial charge in [-0.25, -0.2) is 0 Å². The summed E-state index contributed by atoms with van der Waals surface area (Å²) in [6.45, 7) is 0.378. The van der Waals surface area contributed by atoms with E-state index in [4.69, 9.17) is 0 Å². The van der Waals surface area contributed by atoms with Crippen LogP contribution in [0.5, 0.6) is 0 Å². The van der Waals surface area contributed by atoms with Crippen LogP contribution >= 0.6 is 23.5 Å². The first-order valence-electron chi connectivity index (χ1n) is 10.6. The summed E-state index contributed by atoms with van der Waals surface area (Å²) in [5.41, 5.74) is 2.34. The Morgan fingerprint density at radius 3 is 2.59 bits per heavy atom. The number of nitrogens with zero attached hydrogens (tertiary/aromatic N) is 4. The smallest absolute Gasteiger partial charge is 0.263 e. The van der Waals surface area contributed by atoms with Crippen molar-refractivity contribution in [2.45, 2.75) is 16.6 Å². The Labute approximate surface area is 204 Å². The number of hydrogen-bond donors (Lipinski definition) is 1. The van der Waals surface area contributed by atoms with Gasteiger partial charge in [-0.05, 0) is 42.2 Å². The Hall–Kier alpha value is -3.56. The van der Waals surface area contributed by atoms with Crippen molar-refractivity contribution in [1.82, 2.24) is 19.2 Å². The first kappa shape index (κ1) is 22.2. The first-order chi connectivity index (χ1) is 16.6. The van der Waals surface area contributed by atoms with Gasteiger partial charge in [0.2, 0.25) is 11.7 Å². The van der Waals surface area contributed by atoms with E-state index in [1.807, 2.05) is 83.5 Å². The van der Waals surface area contributed by atoms with Gasteiger partial charge in [-0.3, -0.25) is 18.6 Å². The largest absolute Gasteiger partial charge is 0.325 e. The van der Waals surface area contributed by atoms with Gasteiger partial charge in [-0.1, -0.05) is 60.3 Å². The Morgan fingerprint density at radius 1 is 0.971 bits per heavy atom. The molecule has 170 valence electrons. The molecule has 5 rings (SSSR count). The van der Waals surface area contributed by atoms with Crippen molar-refractivity contribution in [1.29, 1.82) is 0 Å². The molecule has 0 spiro atoms. The lowest BCUT2D eigenvalue weighted by molar-refractivity contribution is -0.113. The van der Waals surface area contributed by atoms with E-state index in [9.17, 15) is 9.59 Å². The Bertz CT molecular complexity index is 1550. The molecule has 2 aromatic heterocycles. The number of benzene rings is 3. The van der Waals surface area contributed by atoms with Gasteiger partial charge in [0.05, 0.1) is 23.2 Å². The summed E-state index contributed by atoms with van der Waals surface area (Å²) in [6, 6.07) is 24.9. The molecule has 0 saturated carbocycles. The summed E-state index contributed by atoms with van der Waals surface area (Å²) in [5.74, 6) is 0.473. The molecule has 9 heteroatoms. The molecule has 0 aliphatic carbocycles. The molecule has 0 saturated heterocycles. The van der Waals surface area contributed by atoms with Crippen LogP contribution < -0.4 is 10.9 Å². The fourth-order valence-electron chi connectivity index (χ4n) is 3.76. The zero-order valence-corrected chi connectivity index (χ0v) is 20.0. The molecule has 0 aliphatic rings. The van der Waals surface area contributed by atoms with E-state index in [-0.39, 0.29) is 17.2 Å². The lowest BCUT2D eigenvalue weighted by atomic mass is 10.2. The second-order valence-electron chi connectivity index (χ2n) is 7.58. The molecule has 0 radical (unpaired) electrons. The molecule has 3 aromatic carbocycles. The highest BCUT2D eigenvalue weighted by Gasteiger charge is 2.18. The maximum Gasteiger partial charge on any atom is 0.263 e. The fraction of sp³-hybridized carbons (Fsp3) is 0.120. The number of carbonyl (C=O) groups is 1. The van der Waals surface area contributed by atoms with Crippen LogP contribution in [0.15, 0.2) is 93.7 Å². The standard InChI is InChI=1S/C25H21N5O2S2/c1-33-19-11-7-10-18(14-19)26-22(31)16-34-25-28-27-24-29(15-17-8-3-2-4-9-17)23(32)20-12-5-6-13-21(20)30(24)25/h2-14H,15-16H2,1H3,(H,26,31). The number of nitrogens with one attached hydrogen (secondary N) is 1. The van der Waals surface area contributed by atoms with Gasteiger partial charge in [0.25, 0.3) is 5.56 Å². The first-order valence-corrected chi connectivity index (χ1v) is 12.8. The number of carbonyl (C=O) groups excluding carboxylic acids is 1. The van der Waals surface area contributed by atoms with E-state index >= 15 is 0 Å². The number of amides is 1. The number of rotatable bonds is 7. The van der Waals surface area contributed by atoms with Crippen molar-refractivity contribution in [2.75, 3.05) is 17.3 Å². The average molecular weight is 488 g/mol. The quantitative estimate of drug-likeness (QED) is 0.339. The Morgan fingerprint density at radius 2 is 1.76 bits per heavy atom. The zero-order chi connectivity index (χ0) is 23.5. The van der Waals surface area contributed by atoms with Crippen molar-refractivity contribution in [3.05, 3.63) is 94.8 Å². The highest BCUT2D eigenvalue weighted by atomic mass is 32.2. The summed E-state index contributed by atoms with van der Waals surface area (Å²) < 4.78 is 3.48. The van der Waals surface area contributed by atoms with Gasteiger partial charge in [-0.2, -0.15) is 0 Å². The number of hydrogen-bond acceptors (Lipinski definition) is 6. The molecule has 1 N–H and O–H groups in total. The molecule has 0 atom stereocenters. The maximum absolute atomic E-state index is 13.3. The van der Waals surface area contributed by atoms with Crippen molar-refractivity contribution >= 4 is 51.8 Å². The summed E-state index contributed by atoms with van der Waals surface area (Å²) in [5, 5.41) is 12.7. The SMILES string of the molecule is CSc1cccc(NC(=O)CSc2nnc3n(Cc4ccccc4)c(=O)c4ccccc4n23)c1. The molecular weight excluding hydrogens is 466 g/mol. The number of aromatic nitrogens is 4. The highest BCUT2D eigenvalue weighted by molar-refractivity contribution is 7.99. The van der Waals surface area contributed by atoms with E-state index < -0.39 is 0 Å². The monoisotopic (exact) mass is 487 g/mol. The number of anilines is 1. The molecule has 0 aliphatic heterocycles. The summed E-state index contributed by atoms with van der Waals surface area (Å²) in [7, 11) is 0. The van der Waals surface area contributed by atoms with Crippen LogP contribution in [0, 0.1) is 0 Å². The van der Waals surface area contributed by atoms with Crippen LogP contribution in [-0.4, -0.2) is 37.1 Å². The second-order valence-corrected chi connectivity index (χ2v) is 9.40. The molecule has 5 aromatic rings. The lowest BCUT2D eigenvalue weighted by Crippen LogP contribution is -2.24. The predicted molar refractivity (Wildman–Crippen MR) is 138 cm³/mol. The minimum Gasteiger partial charge on any atom is -0.325 e. The van der Waals surface area contributed by atoms with Gasteiger partial charge in [-0.15, -0.1) is 22.0 Å². The van der Waals surface area contributed by atoms with Gasteiger partial charge >= 0.3 is 0 Å². The second kappa shape index (κ2) is 9.74. The molecule has 0 unspecified atom stereocenters. The molecule has 0 bridgehead atoms. The van der Waals surface area contributed by atoms with Gasteiger partial charge in [0, 0.05) is 10.6 Å². The third kappa shape index (κ3) is 4.44. The number of para-hydroxylation sites is 1. The molecule has 0 fully saturated rings.